The molecule has 0 saturated carbocycles. The lowest BCUT2D eigenvalue weighted by Gasteiger charge is -2.12. The summed E-state index contributed by atoms with van der Waals surface area (Å²) in [7, 11) is 1.61. The Morgan fingerprint density at radius 2 is 1.86 bits per heavy atom. The van der Waals surface area contributed by atoms with Crippen molar-refractivity contribution in [2.45, 2.75) is 19.1 Å². The Morgan fingerprint density at radius 1 is 1.23 bits per heavy atom. The molecule has 0 bridgehead atoms. The van der Waals surface area contributed by atoms with Gasteiger partial charge in [0.25, 0.3) is 0 Å². The molecule has 0 unspecified atom stereocenters. The van der Waals surface area contributed by atoms with Gasteiger partial charge in [-0.25, -0.2) is 4.79 Å². The van der Waals surface area contributed by atoms with Gasteiger partial charge in [0, 0.05) is 12.3 Å². The van der Waals surface area contributed by atoms with Crippen LogP contribution in [0.25, 0.3) is 0 Å². The lowest BCUT2D eigenvalue weighted by molar-refractivity contribution is -0.119. The summed E-state index contributed by atoms with van der Waals surface area (Å²) in [5.41, 5.74) is 0. The molecule has 0 heterocycles. The van der Waals surface area contributed by atoms with E-state index < -0.39 is 6.03 Å². The van der Waals surface area contributed by atoms with Crippen molar-refractivity contribution in [1.82, 2.24) is 10.6 Å². The Morgan fingerprint density at radius 3 is 2.45 bits per heavy atom. The van der Waals surface area contributed by atoms with E-state index in [2.05, 4.69) is 10.6 Å². The van der Waals surface area contributed by atoms with Gasteiger partial charge in [0.15, 0.2) is 0 Å². The number of benzene rings is 1. The Balaban J connectivity index is 2.22. The van der Waals surface area contributed by atoms with Crippen LogP contribution in [-0.2, 0) is 4.79 Å². The van der Waals surface area contributed by atoms with Gasteiger partial charge in [-0.3, -0.25) is 10.1 Å². The maximum Gasteiger partial charge on any atom is 0.321 e. The number of thioether (sulfide) groups is 1. The summed E-state index contributed by atoms with van der Waals surface area (Å²) in [6.07, 6.45) is 0. The summed E-state index contributed by atoms with van der Waals surface area (Å²) in [5, 5.41) is 4.48. The maximum atomic E-state index is 11.7. The van der Waals surface area contributed by atoms with Crippen molar-refractivity contribution < 1.29 is 19.1 Å². The largest absolute Gasteiger partial charge is 0.497 e. The van der Waals surface area contributed by atoms with E-state index in [0.717, 1.165) is 11.5 Å². The molecule has 1 aromatic rings. The average Bonchev–Trinajstić information content (AvgIpc) is 2.52. The van der Waals surface area contributed by atoms with E-state index >= 15 is 0 Å². The van der Waals surface area contributed by atoms with Crippen molar-refractivity contribution in [3.63, 3.8) is 0 Å². The number of methoxy groups -OCH3 is 1. The van der Waals surface area contributed by atoms with E-state index in [0.29, 0.717) is 18.9 Å². The second kappa shape index (κ2) is 9.94. The summed E-state index contributed by atoms with van der Waals surface area (Å²) in [4.78, 5) is 23.0. The molecule has 7 heteroatoms. The number of rotatable bonds is 8. The Bertz CT molecular complexity index is 479. The first-order valence-corrected chi connectivity index (χ1v) is 8.08. The van der Waals surface area contributed by atoms with Gasteiger partial charge in [-0.1, -0.05) is 0 Å². The molecule has 1 atom stereocenters. The molecule has 0 spiro atoms. The fourth-order valence-corrected chi connectivity index (χ4v) is 2.29. The first-order valence-electron chi connectivity index (χ1n) is 7.04. The van der Waals surface area contributed by atoms with E-state index in [1.807, 2.05) is 24.3 Å². The highest BCUT2D eigenvalue weighted by molar-refractivity contribution is 8.00. The van der Waals surface area contributed by atoms with Crippen LogP contribution in [0.5, 0.6) is 11.5 Å². The fourth-order valence-electron chi connectivity index (χ4n) is 1.55. The molecular formula is C15H22N2O4S. The Kier molecular flexibility index (Phi) is 8.21. The summed E-state index contributed by atoms with van der Waals surface area (Å²) in [5.74, 6) is 1.87. The molecular weight excluding hydrogens is 304 g/mol. The number of nitrogens with one attached hydrogen (secondary N) is 2. The van der Waals surface area contributed by atoms with Crippen LogP contribution in [-0.4, -0.2) is 43.2 Å². The number of hydrogen-bond donors (Lipinski definition) is 2. The molecule has 0 aromatic heterocycles. The third kappa shape index (κ3) is 6.71. The van der Waals surface area contributed by atoms with Crippen LogP contribution in [0, 0.1) is 0 Å². The van der Waals surface area contributed by atoms with E-state index in [1.54, 1.807) is 21.0 Å². The van der Waals surface area contributed by atoms with Crippen molar-refractivity contribution in [2.75, 3.05) is 26.0 Å². The zero-order valence-corrected chi connectivity index (χ0v) is 13.9. The van der Waals surface area contributed by atoms with Gasteiger partial charge in [0.05, 0.1) is 19.0 Å². The number of hydrogen-bond acceptors (Lipinski definition) is 5. The van der Waals surface area contributed by atoms with Crippen LogP contribution in [0.2, 0.25) is 0 Å². The number of imide groups is 1. The van der Waals surface area contributed by atoms with E-state index in [9.17, 15) is 9.59 Å². The summed E-state index contributed by atoms with van der Waals surface area (Å²) in [6, 6.07) is 6.84. The summed E-state index contributed by atoms with van der Waals surface area (Å²) < 4.78 is 10.6. The normalized spacial score (nSPS) is 11.4. The fraction of sp³-hybridized carbons (Fsp3) is 0.467. The predicted molar refractivity (Wildman–Crippen MR) is 87.6 cm³/mol. The molecule has 2 N–H and O–H groups in total. The van der Waals surface area contributed by atoms with E-state index in [1.165, 1.54) is 11.8 Å². The molecule has 6 nitrogen and oxygen atoms in total. The third-order valence-electron chi connectivity index (χ3n) is 2.72. The van der Waals surface area contributed by atoms with Crippen molar-refractivity contribution in [2.24, 2.45) is 0 Å². The van der Waals surface area contributed by atoms with Gasteiger partial charge >= 0.3 is 6.03 Å². The van der Waals surface area contributed by atoms with Crippen LogP contribution < -0.4 is 20.1 Å². The monoisotopic (exact) mass is 326 g/mol. The Hall–Kier alpha value is -1.89. The summed E-state index contributed by atoms with van der Waals surface area (Å²) in [6.45, 7) is 4.51. The molecule has 1 aromatic carbocycles. The third-order valence-corrected chi connectivity index (χ3v) is 3.84. The SMILES string of the molecule is CCNC(=O)NC(=O)[C@H](C)SCCOc1ccc(OC)cc1. The van der Waals surface area contributed by atoms with Gasteiger partial charge in [0.2, 0.25) is 5.91 Å². The average molecular weight is 326 g/mol. The van der Waals surface area contributed by atoms with Gasteiger partial charge in [-0.2, -0.15) is 0 Å². The zero-order chi connectivity index (χ0) is 16.4. The van der Waals surface area contributed by atoms with Gasteiger partial charge in [-0.15, -0.1) is 11.8 Å². The number of carbonyl (C=O) groups is 2. The first-order chi connectivity index (χ1) is 10.6. The highest BCUT2D eigenvalue weighted by Crippen LogP contribution is 2.17. The van der Waals surface area contributed by atoms with Gasteiger partial charge in [0.1, 0.15) is 11.5 Å². The Labute approximate surface area is 134 Å². The molecule has 0 saturated heterocycles. The minimum atomic E-state index is -0.463. The zero-order valence-electron chi connectivity index (χ0n) is 13.0. The lowest BCUT2D eigenvalue weighted by atomic mass is 10.3. The van der Waals surface area contributed by atoms with Crippen molar-refractivity contribution in [3.8, 4) is 11.5 Å². The maximum absolute atomic E-state index is 11.7. The molecule has 3 amide bonds. The summed E-state index contributed by atoms with van der Waals surface area (Å²) >= 11 is 1.43. The number of carbonyl (C=O) groups excluding carboxylic acids is 2. The van der Waals surface area contributed by atoms with Gasteiger partial charge < -0.3 is 14.8 Å². The molecule has 0 aliphatic heterocycles. The molecule has 1 rings (SSSR count). The van der Waals surface area contributed by atoms with Crippen LogP contribution in [0.1, 0.15) is 13.8 Å². The van der Waals surface area contributed by atoms with Crippen molar-refractivity contribution in [1.29, 1.82) is 0 Å². The highest BCUT2D eigenvalue weighted by atomic mass is 32.2. The van der Waals surface area contributed by atoms with Crippen LogP contribution >= 0.6 is 11.8 Å². The topological polar surface area (TPSA) is 76.7 Å². The minimum absolute atomic E-state index is 0.305. The van der Waals surface area contributed by atoms with E-state index in [-0.39, 0.29) is 11.2 Å². The molecule has 122 valence electrons. The molecule has 22 heavy (non-hydrogen) atoms. The predicted octanol–water partition coefficient (Wildman–Crippen LogP) is 2.04. The lowest BCUT2D eigenvalue weighted by Crippen LogP contribution is -2.42. The molecule has 0 radical (unpaired) electrons. The van der Waals surface area contributed by atoms with Crippen molar-refractivity contribution in [3.05, 3.63) is 24.3 Å². The quantitative estimate of drug-likeness (QED) is 0.715. The first kappa shape index (κ1) is 18.2. The molecule has 0 fully saturated rings. The van der Waals surface area contributed by atoms with Gasteiger partial charge in [-0.05, 0) is 38.1 Å². The number of amides is 3. The molecule has 0 aliphatic carbocycles. The second-order valence-electron chi connectivity index (χ2n) is 4.39. The van der Waals surface area contributed by atoms with Crippen LogP contribution in [0.15, 0.2) is 24.3 Å². The smallest absolute Gasteiger partial charge is 0.321 e. The van der Waals surface area contributed by atoms with E-state index in [4.69, 9.17) is 9.47 Å². The van der Waals surface area contributed by atoms with Crippen molar-refractivity contribution >= 4 is 23.7 Å². The second-order valence-corrected chi connectivity index (χ2v) is 5.83. The van der Waals surface area contributed by atoms with Crippen LogP contribution in [0.3, 0.4) is 0 Å². The van der Waals surface area contributed by atoms with Crippen LogP contribution in [0.4, 0.5) is 4.79 Å². The minimum Gasteiger partial charge on any atom is -0.497 e. The highest BCUT2D eigenvalue weighted by Gasteiger charge is 2.15. The number of urea groups is 1. The molecule has 0 aliphatic rings. The number of ether oxygens (including phenoxy) is 2. The standard InChI is InChI=1S/C15H22N2O4S/c1-4-16-15(19)17-14(18)11(2)22-10-9-21-13-7-5-12(20-3)6-8-13/h5-8,11H,4,9-10H2,1-3H3,(H2,16,17,18,19)/t11-/m0/s1.